The molecule has 0 aliphatic carbocycles. The van der Waals surface area contributed by atoms with Crippen molar-refractivity contribution in [3.63, 3.8) is 0 Å². The Hall–Kier alpha value is -2.32. The molecule has 1 aliphatic rings. The second-order valence-electron chi connectivity index (χ2n) is 4.21. The fourth-order valence-electron chi connectivity index (χ4n) is 1.69. The van der Waals surface area contributed by atoms with Crippen LogP contribution in [0.5, 0.6) is 0 Å². The molecule has 0 bridgehead atoms. The third kappa shape index (κ3) is 4.12. The quantitative estimate of drug-likeness (QED) is 0.478. The van der Waals surface area contributed by atoms with Crippen molar-refractivity contribution >= 4 is 23.9 Å². The number of nitrogens with zero attached hydrogens (tertiary/aromatic N) is 1. The van der Waals surface area contributed by atoms with E-state index in [1.54, 1.807) is 7.05 Å². The van der Waals surface area contributed by atoms with E-state index in [1.807, 2.05) is 5.32 Å². The van der Waals surface area contributed by atoms with Crippen LogP contribution in [0.4, 0.5) is 4.79 Å². The Morgan fingerprint density at radius 1 is 1.42 bits per heavy atom. The third-order valence-electron chi connectivity index (χ3n) is 2.71. The molecule has 1 fully saturated rings. The zero-order chi connectivity index (χ0) is 14.6. The highest BCUT2D eigenvalue weighted by Gasteiger charge is 2.31. The maximum Gasteiger partial charge on any atom is 0.326 e. The molecule has 0 radical (unpaired) electrons. The molecule has 1 aliphatic heterocycles. The van der Waals surface area contributed by atoms with Crippen molar-refractivity contribution in [1.29, 1.82) is 0 Å². The van der Waals surface area contributed by atoms with Crippen molar-refractivity contribution < 1.29 is 29.4 Å². The number of amides is 3. The Labute approximate surface area is 108 Å². The van der Waals surface area contributed by atoms with Crippen molar-refractivity contribution in [1.82, 2.24) is 15.5 Å². The summed E-state index contributed by atoms with van der Waals surface area (Å²) in [5.74, 6) is -3.06. The number of carbonyl (C=O) groups is 4. The normalized spacial score (nSPS) is 19.9. The first-order valence-electron chi connectivity index (χ1n) is 5.58. The summed E-state index contributed by atoms with van der Waals surface area (Å²) in [6.45, 7) is 0.501. The van der Waals surface area contributed by atoms with E-state index in [0.29, 0.717) is 13.0 Å². The van der Waals surface area contributed by atoms with Crippen LogP contribution in [0.25, 0.3) is 0 Å². The van der Waals surface area contributed by atoms with Gasteiger partial charge in [-0.25, -0.2) is 9.59 Å². The zero-order valence-corrected chi connectivity index (χ0v) is 10.3. The molecule has 0 aromatic heterocycles. The second-order valence-corrected chi connectivity index (χ2v) is 4.21. The maximum absolute atomic E-state index is 11.5. The zero-order valence-electron chi connectivity index (χ0n) is 10.3. The van der Waals surface area contributed by atoms with Gasteiger partial charge in [0.05, 0.1) is 6.42 Å². The lowest BCUT2D eigenvalue weighted by atomic mass is 10.2. The molecule has 1 heterocycles. The van der Waals surface area contributed by atoms with Crippen molar-refractivity contribution in [2.24, 2.45) is 0 Å². The molecule has 0 aromatic carbocycles. The van der Waals surface area contributed by atoms with E-state index in [9.17, 15) is 19.2 Å². The number of likely N-dealkylation sites (tertiary alicyclic amines) is 1. The lowest BCUT2D eigenvalue weighted by Crippen LogP contribution is -2.51. The molecule has 2 atom stereocenters. The van der Waals surface area contributed by atoms with Crippen LogP contribution in [0.15, 0.2) is 0 Å². The highest BCUT2D eigenvalue weighted by molar-refractivity contribution is 5.90. The average Bonchev–Trinajstić information content (AvgIpc) is 2.59. The molecule has 1 saturated heterocycles. The van der Waals surface area contributed by atoms with Gasteiger partial charge in [0.25, 0.3) is 0 Å². The molecule has 4 N–H and O–H groups in total. The SMILES string of the molecule is CN1CCC(NC(=O)N[C@@H](CC(=O)O)C(=O)O)C1=O. The number of nitrogens with one attached hydrogen (secondary N) is 2. The molecule has 19 heavy (non-hydrogen) atoms. The fourth-order valence-corrected chi connectivity index (χ4v) is 1.69. The minimum Gasteiger partial charge on any atom is -0.481 e. The van der Waals surface area contributed by atoms with Gasteiger partial charge >= 0.3 is 18.0 Å². The van der Waals surface area contributed by atoms with Crippen molar-refractivity contribution in [3.8, 4) is 0 Å². The Kier molecular flexibility index (Phi) is 4.67. The molecule has 1 rings (SSSR count). The summed E-state index contributed by atoms with van der Waals surface area (Å²) in [4.78, 5) is 45.6. The van der Waals surface area contributed by atoms with Crippen LogP contribution in [-0.4, -0.2) is 64.7 Å². The maximum atomic E-state index is 11.5. The minimum absolute atomic E-state index is 0.264. The van der Waals surface area contributed by atoms with Crippen molar-refractivity contribution in [3.05, 3.63) is 0 Å². The van der Waals surface area contributed by atoms with Crippen LogP contribution in [0.2, 0.25) is 0 Å². The highest BCUT2D eigenvalue weighted by atomic mass is 16.4. The Morgan fingerprint density at radius 3 is 2.47 bits per heavy atom. The van der Waals surface area contributed by atoms with Gasteiger partial charge in [-0.05, 0) is 6.42 Å². The second kappa shape index (κ2) is 6.03. The summed E-state index contributed by atoms with van der Waals surface area (Å²) < 4.78 is 0. The number of carboxylic acid groups (broad SMARTS) is 2. The van der Waals surface area contributed by atoms with Crippen LogP contribution >= 0.6 is 0 Å². The molecule has 3 amide bonds. The molecule has 1 unspecified atom stereocenters. The topological polar surface area (TPSA) is 136 Å². The van der Waals surface area contributed by atoms with Gasteiger partial charge < -0.3 is 25.7 Å². The van der Waals surface area contributed by atoms with Crippen molar-refractivity contribution in [2.45, 2.75) is 24.9 Å². The summed E-state index contributed by atoms with van der Waals surface area (Å²) in [6.07, 6.45) is -0.305. The first-order chi connectivity index (χ1) is 8.81. The summed E-state index contributed by atoms with van der Waals surface area (Å²) in [5.41, 5.74) is 0. The predicted molar refractivity (Wildman–Crippen MR) is 61.4 cm³/mol. The van der Waals surface area contributed by atoms with Crippen molar-refractivity contribution in [2.75, 3.05) is 13.6 Å². The number of rotatable bonds is 5. The van der Waals surface area contributed by atoms with Gasteiger partial charge in [-0.2, -0.15) is 0 Å². The van der Waals surface area contributed by atoms with E-state index >= 15 is 0 Å². The van der Waals surface area contributed by atoms with Gasteiger partial charge in [0.15, 0.2) is 0 Å². The monoisotopic (exact) mass is 273 g/mol. The highest BCUT2D eigenvalue weighted by Crippen LogP contribution is 2.08. The number of aliphatic carboxylic acids is 2. The summed E-state index contributed by atoms with van der Waals surface area (Å²) in [7, 11) is 1.59. The molecule has 106 valence electrons. The van der Waals surface area contributed by atoms with Crippen LogP contribution in [0.3, 0.4) is 0 Å². The predicted octanol–water partition coefficient (Wildman–Crippen LogP) is -1.56. The molecule has 9 nitrogen and oxygen atoms in total. The molecular weight excluding hydrogens is 258 g/mol. The Morgan fingerprint density at radius 2 is 2.05 bits per heavy atom. The molecule has 0 spiro atoms. The standard InChI is InChI=1S/C10H15N3O6/c1-13-3-2-5(8(13)16)11-10(19)12-6(9(17)18)4-7(14)15/h5-6H,2-4H2,1H3,(H,14,15)(H,17,18)(H2,11,12,19)/t5?,6-/m0/s1. The fraction of sp³-hybridized carbons (Fsp3) is 0.600. The van der Waals surface area contributed by atoms with E-state index in [4.69, 9.17) is 10.2 Å². The van der Waals surface area contributed by atoms with Gasteiger partial charge in [-0.3, -0.25) is 9.59 Å². The summed E-state index contributed by atoms with van der Waals surface area (Å²) >= 11 is 0. The van der Waals surface area contributed by atoms with Gasteiger partial charge in [0, 0.05) is 13.6 Å². The number of likely N-dealkylation sites (N-methyl/N-ethyl adjacent to an activating group) is 1. The van der Waals surface area contributed by atoms with E-state index in [-0.39, 0.29) is 5.91 Å². The lowest BCUT2D eigenvalue weighted by molar-refractivity contribution is -0.145. The number of carbonyl (C=O) groups excluding carboxylic acids is 2. The first-order valence-corrected chi connectivity index (χ1v) is 5.58. The molecule has 9 heteroatoms. The third-order valence-corrected chi connectivity index (χ3v) is 2.71. The molecule has 0 saturated carbocycles. The number of hydrogen-bond acceptors (Lipinski definition) is 4. The molecule has 0 aromatic rings. The number of urea groups is 1. The Balaban J connectivity index is 2.51. The molecular formula is C10H15N3O6. The van der Waals surface area contributed by atoms with Crippen LogP contribution in [0.1, 0.15) is 12.8 Å². The van der Waals surface area contributed by atoms with E-state index in [2.05, 4.69) is 5.32 Å². The van der Waals surface area contributed by atoms with Gasteiger partial charge in [0.1, 0.15) is 12.1 Å². The van der Waals surface area contributed by atoms with Gasteiger partial charge in [-0.15, -0.1) is 0 Å². The Bertz CT molecular complexity index is 410. The number of hydrogen-bond donors (Lipinski definition) is 4. The largest absolute Gasteiger partial charge is 0.481 e. The van der Waals surface area contributed by atoms with E-state index in [0.717, 1.165) is 0 Å². The van der Waals surface area contributed by atoms with Crippen LogP contribution < -0.4 is 10.6 Å². The average molecular weight is 273 g/mol. The lowest BCUT2D eigenvalue weighted by Gasteiger charge is -2.16. The van der Waals surface area contributed by atoms with Gasteiger partial charge in [-0.1, -0.05) is 0 Å². The minimum atomic E-state index is -1.54. The smallest absolute Gasteiger partial charge is 0.326 e. The van der Waals surface area contributed by atoms with E-state index in [1.165, 1.54) is 4.90 Å². The summed E-state index contributed by atoms with van der Waals surface area (Å²) in [6, 6.07) is -3.11. The van der Waals surface area contributed by atoms with Crippen LogP contribution in [0, 0.1) is 0 Å². The first kappa shape index (κ1) is 14.7. The van der Waals surface area contributed by atoms with Crippen LogP contribution in [-0.2, 0) is 14.4 Å². The van der Waals surface area contributed by atoms with Gasteiger partial charge in [0.2, 0.25) is 5.91 Å². The number of carboxylic acids is 2. The van der Waals surface area contributed by atoms with E-state index < -0.39 is 36.5 Å². The summed E-state index contributed by atoms with van der Waals surface area (Å²) in [5, 5.41) is 21.6.